The van der Waals surface area contributed by atoms with E-state index in [4.69, 9.17) is 0 Å². The number of pyridine rings is 2. The summed E-state index contributed by atoms with van der Waals surface area (Å²) in [5.41, 5.74) is 0.194. The van der Waals surface area contributed by atoms with E-state index >= 15 is 0 Å². The second-order valence-electron chi connectivity index (χ2n) is 8.25. The molecule has 1 aliphatic heterocycles. The van der Waals surface area contributed by atoms with Crippen molar-refractivity contribution in [1.82, 2.24) is 14.5 Å². The second-order valence-corrected chi connectivity index (χ2v) is 9.16. The first-order chi connectivity index (χ1) is 14.0. The minimum atomic E-state index is -1.10. The molecule has 160 valence electrons. The summed E-state index contributed by atoms with van der Waals surface area (Å²) in [7, 11) is 1.66. The number of aromatic nitrogens is 2. The Morgan fingerprint density at radius 2 is 1.97 bits per heavy atom. The van der Waals surface area contributed by atoms with E-state index in [9.17, 15) is 19.5 Å². The number of hydrogen-bond donors (Lipinski definition) is 2. The molecule has 3 heterocycles. The first-order valence-corrected chi connectivity index (χ1v) is 10.2. The lowest BCUT2D eigenvalue weighted by molar-refractivity contribution is -0.129. The summed E-state index contributed by atoms with van der Waals surface area (Å²) in [6.45, 7) is 6.01. The van der Waals surface area contributed by atoms with Crippen molar-refractivity contribution < 1.29 is 14.7 Å². The maximum absolute atomic E-state index is 13.1. The third-order valence-electron chi connectivity index (χ3n) is 4.91. The average molecular weight is 478 g/mol. The number of nitrogens with one attached hydrogen (secondary N) is 1. The lowest BCUT2D eigenvalue weighted by Crippen LogP contribution is -2.63. The number of nitrogens with zero attached hydrogens (tertiary/aromatic N) is 4. The predicted molar refractivity (Wildman–Crippen MR) is 117 cm³/mol. The minimum Gasteiger partial charge on any atom is -0.465 e. The van der Waals surface area contributed by atoms with Crippen LogP contribution in [0.15, 0.2) is 39.9 Å². The van der Waals surface area contributed by atoms with Crippen LogP contribution < -0.4 is 15.8 Å². The average Bonchev–Trinajstić information content (AvgIpc) is 2.65. The van der Waals surface area contributed by atoms with Crippen LogP contribution >= 0.6 is 15.9 Å². The normalized spacial score (nSPS) is 17.2. The molecule has 1 unspecified atom stereocenters. The number of halogens is 1. The van der Waals surface area contributed by atoms with Crippen LogP contribution in [0.4, 0.5) is 22.0 Å². The maximum atomic E-state index is 13.1. The van der Waals surface area contributed by atoms with E-state index in [0.29, 0.717) is 17.2 Å². The van der Waals surface area contributed by atoms with Gasteiger partial charge >= 0.3 is 6.09 Å². The Labute approximate surface area is 182 Å². The molecule has 3 rings (SSSR count). The molecule has 10 heteroatoms. The van der Waals surface area contributed by atoms with Crippen molar-refractivity contribution in [1.29, 1.82) is 0 Å². The summed E-state index contributed by atoms with van der Waals surface area (Å²) in [6, 6.07) is 4.29. The molecular formula is C20H24BrN5O4. The number of carbonyl (C=O) groups excluding carboxylic acids is 1. The SMILES string of the molecule is Cn1cc(Br)cc(Nc2ccc(N3CCN(C(=O)O)C(C(C)(C)C)C3=O)cn2)c1=O. The Hall–Kier alpha value is -2.88. The van der Waals surface area contributed by atoms with Crippen LogP contribution in [0.1, 0.15) is 20.8 Å². The quantitative estimate of drug-likeness (QED) is 0.703. The highest BCUT2D eigenvalue weighted by Gasteiger charge is 2.44. The molecule has 9 nitrogen and oxygen atoms in total. The van der Waals surface area contributed by atoms with Crippen molar-refractivity contribution >= 4 is 45.1 Å². The zero-order chi connectivity index (χ0) is 22.2. The molecule has 0 aromatic carbocycles. The molecule has 2 N–H and O–H groups in total. The number of carboxylic acid groups (broad SMARTS) is 1. The van der Waals surface area contributed by atoms with Gasteiger partial charge < -0.3 is 19.9 Å². The number of anilines is 3. The molecule has 2 aromatic rings. The number of aryl methyl sites for hydroxylation is 1. The molecule has 0 spiro atoms. The smallest absolute Gasteiger partial charge is 0.408 e. The van der Waals surface area contributed by atoms with Crippen molar-refractivity contribution in [3.8, 4) is 0 Å². The van der Waals surface area contributed by atoms with Crippen molar-refractivity contribution in [3.05, 3.63) is 45.4 Å². The largest absolute Gasteiger partial charge is 0.465 e. The molecular weight excluding hydrogens is 454 g/mol. The molecule has 1 aliphatic rings. The highest BCUT2D eigenvalue weighted by molar-refractivity contribution is 9.10. The van der Waals surface area contributed by atoms with E-state index in [0.717, 1.165) is 4.47 Å². The van der Waals surface area contributed by atoms with Gasteiger partial charge in [-0.25, -0.2) is 9.78 Å². The molecule has 30 heavy (non-hydrogen) atoms. The third kappa shape index (κ3) is 4.33. The van der Waals surface area contributed by atoms with E-state index in [1.807, 2.05) is 20.8 Å². The predicted octanol–water partition coefficient (Wildman–Crippen LogP) is 3.03. The molecule has 1 fully saturated rings. The third-order valence-corrected chi connectivity index (χ3v) is 5.35. The van der Waals surface area contributed by atoms with Crippen LogP contribution in [0.25, 0.3) is 0 Å². The maximum Gasteiger partial charge on any atom is 0.408 e. The van der Waals surface area contributed by atoms with Crippen LogP contribution in [0.2, 0.25) is 0 Å². The van der Waals surface area contributed by atoms with Crippen LogP contribution in [0.3, 0.4) is 0 Å². The number of piperazine rings is 1. The molecule has 1 atom stereocenters. The van der Waals surface area contributed by atoms with Gasteiger partial charge in [-0.2, -0.15) is 0 Å². The zero-order valence-electron chi connectivity index (χ0n) is 17.2. The van der Waals surface area contributed by atoms with Gasteiger partial charge in [0, 0.05) is 30.8 Å². The van der Waals surface area contributed by atoms with Gasteiger partial charge in [0.2, 0.25) is 0 Å². The zero-order valence-corrected chi connectivity index (χ0v) is 18.8. The van der Waals surface area contributed by atoms with Crippen LogP contribution in [0, 0.1) is 5.41 Å². The topological polar surface area (TPSA) is 108 Å². The Morgan fingerprint density at radius 3 is 2.53 bits per heavy atom. The van der Waals surface area contributed by atoms with Crippen molar-refractivity contribution in [2.24, 2.45) is 12.5 Å². The lowest BCUT2D eigenvalue weighted by Gasteiger charge is -2.44. The lowest BCUT2D eigenvalue weighted by atomic mass is 9.83. The molecule has 0 saturated carbocycles. The van der Waals surface area contributed by atoms with Gasteiger partial charge in [-0.05, 0) is 39.5 Å². The highest BCUT2D eigenvalue weighted by Crippen LogP contribution is 2.31. The molecule has 1 saturated heterocycles. The molecule has 0 aliphatic carbocycles. The number of amides is 2. The fraction of sp³-hybridized carbons (Fsp3) is 0.400. The Bertz CT molecular complexity index is 1030. The summed E-state index contributed by atoms with van der Waals surface area (Å²) in [4.78, 5) is 44.0. The Morgan fingerprint density at radius 1 is 1.27 bits per heavy atom. The van der Waals surface area contributed by atoms with E-state index in [2.05, 4.69) is 26.2 Å². The number of rotatable bonds is 3. The van der Waals surface area contributed by atoms with E-state index < -0.39 is 17.6 Å². The summed E-state index contributed by atoms with van der Waals surface area (Å²) in [6.07, 6.45) is 2.10. The summed E-state index contributed by atoms with van der Waals surface area (Å²) in [5, 5.41) is 12.5. The van der Waals surface area contributed by atoms with Gasteiger partial charge in [0.05, 0.1) is 11.9 Å². The first-order valence-electron chi connectivity index (χ1n) is 9.39. The summed E-state index contributed by atoms with van der Waals surface area (Å²) in [5.74, 6) is 0.178. The fourth-order valence-corrected chi connectivity index (χ4v) is 4.08. The molecule has 2 amide bonds. The second kappa shape index (κ2) is 8.10. The van der Waals surface area contributed by atoms with Crippen molar-refractivity contribution in [2.75, 3.05) is 23.3 Å². The van der Waals surface area contributed by atoms with E-state index in [1.54, 1.807) is 42.5 Å². The summed E-state index contributed by atoms with van der Waals surface area (Å²) >= 11 is 3.36. The van der Waals surface area contributed by atoms with Gasteiger partial charge in [0.25, 0.3) is 11.5 Å². The van der Waals surface area contributed by atoms with Crippen LogP contribution in [-0.4, -0.2) is 50.7 Å². The monoisotopic (exact) mass is 477 g/mol. The van der Waals surface area contributed by atoms with Gasteiger partial charge in [-0.1, -0.05) is 20.8 Å². The number of hydrogen-bond acceptors (Lipinski definition) is 5. The summed E-state index contributed by atoms with van der Waals surface area (Å²) < 4.78 is 2.20. The standard InChI is InChI=1S/C20H24BrN5O4/c1-20(2,3)16-18(28)25(7-8-26(16)19(29)30)13-5-6-15(22-10-13)23-14-9-12(21)11-24(4)17(14)27/h5-6,9-11,16H,7-8H2,1-4H3,(H,22,23)(H,29,30). The Balaban J connectivity index is 1.83. The van der Waals surface area contributed by atoms with Gasteiger partial charge in [0.15, 0.2) is 0 Å². The van der Waals surface area contributed by atoms with Crippen molar-refractivity contribution in [3.63, 3.8) is 0 Å². The fourth-order valence-electron chi connectivity index (χ4n) is 3.55. The van der Waals surface area contributed by atoms with Crippen molar-refractivity contribution in [2.45, 2.75) is 26.8 Å². The van der Waals surface area contributed by atoms with Crippen LogP contribution in [-0.2, 0) is 11.8 Å². The number of carbonyl (C=O) groups is 2. The van der Waals surface area contributed by atoms with E-state index in [1.165, 1.54) is 9.47 Å². The van der Waals surface area contributed by atoms with E-state index in [-0.39, 0.29) is 24.6 Å². The van der Waals surface area contributed by atoms with Gasteiger partial charge in [-0.3, -0.25) is 14.5 Å². The Kier molecular flexibility index (Phi) is 5.89. The molecule has 0 bridgehead atoms. The molecule has 2 aromatic heterocycles. The van der Waals surface area contributed by atoms with Crippen LogP contribution in [0.5, 0.6) is 0 Å². The molecule has 0 radical (unpaired) electrons. The first kappa shape index (κ1) is 21.8. The minimum absolute atomic E-state index is 0.197. The van der Waals surface area contributed by atoms with Gasteiger partial charge in [-0.15, -0.1) is 0 Å². The van der Waals surface area contributed by atoms with Gasteiger partial charge in [0.1, 0.15) is 17.5 Å². The highest BCUT2D eigenvalue weighted by atomic mass is 79.9.